The lowest BCUT2D eigenvalue weighted by molar-refractivity contribution is 0.102. The van der Waals surface area contributed by atoms with Crippen LogP contribution in [0.25, 0.3) is 0 Å². The molecule has 0 unspecified atom stereocenters. The van der Waals surface area contributed by atoms with E-state index in [-0.39, 0.29) is 5.91 Å². The van der Waals surface area contributed by atoms with Crippen LogP contribution in [-0.2, 0) is 0 Å². The van der Waals surface area contributed by atoms with E-state index in [1.165, 1.54) is 0 Å². The molecular formula is C11H6Br2Cl2N2O. The zero-order chi connectivity index (χ0) is 13.3. The average molecular weight is 413 g/mol. The average Bonchev–Trinajstić information content (AvgIpc) is 2.70. The summed E-state index contributed by atoms with van der Waals surface area (Å²) in [5.74, 6) is -0.313. The first kappa shape index (κ1) is 13.9. The Kier molecular flexibility index (Phi) is 4.37. The maximum Gasteiger partial charge on any atom is 0.272 e. The van der Waals surface area contributed by atoms with Gasteiger partial charge in [0.15, 0.2) is 0 Å². The molecule has 0 spiro atoms. The van der Waals surface area contributed by atoms with Crippen LogP contribution >= 0.6 is 55.1 Å². The molecule has 2 rings (SSSR count). The predicted octanol–water partition coefficient (Wildman–Crippen LogP) is 5.10. The molecule has 7 heteroatoms. The van der Waals surface area contributed by atoms with Gasteiger partial charge in [-0.2, -0.15) is 0 Å². The zero-order valence-corrected chi connectivity index (χ0v) is 13.4. The van der Waals surface area contributed by atoms with Crippen LogP contribution in [0, 0.1) is 0 Å². The number of hydrogen-bond acceptors (Lipinski definition) is 1. The highest BCUT2D eigenvalue weighted by atomic mass is 79.9. The van der Waals surface area contributed by atoms with Crippen LogP contribution in [0.4, 0.5) is 5.69 Å². The highest BCUT2D eigenvalue weighted by Gasteiger charge is 2.13. The van der Waals surface area contributed by atoms with Gasteiger partial charge in [-0.15, -0.1) is 0 Å². The van der Waals surface area contributed by atoms with Crippen molar-refractivity contribution >= 4 is 66.7 Å². The number of amides is 1. The van der Waals surface area contributed by atoms with Gasteiger partial charge in [0.2, 0.25) is 0 Å². The fraction of sp³-hybridized carbons (Fsp3) is 0. The van der Waals surface area contributed by atoms with Crippen molar-refractivity contribution in [2.24, 2.45) is 0 Å². The molecule has 0 radical (unpaired) electrons. The number of benzene rings is 1. The zero-order valence-electron chi connectivity index (χ0n) is 8.73. The SMILES string of the molecule is O=C(Nc1c(Cl)cc(Br)cc1Cl)c1cc(Br)c[nH]1. The summed E-state index contributed by atoms with van der Waals surface area (Å²) in [6.07, 6.45) is 1.67. The van der Waals surface area contributed by atoms with Crippen LogP contribution in [0.15, 0.2) is 33.3 Å². The van der Waals surface area contributed by atoms with Crippen LogP contribution in [0.2, 0.25) is 10.0 Å². The molecule has 0 aliphatic heterocycles. The van der Waals surface area contributed by atoms with Crippen molar-refractivity contribution in [1.82, 2.24) is 4.98 Å². The van der Waals surface area contributed by atoms with E-state index in [0.717, 1.165) is 8.95 Å². The molecule has 0 fully saturated rings. The third kappa shape index (κ3) is 3.09. The lowest BCUT2D eigenvalue weighted by Gasteiger charge is -2.09. The first-order valence-corrected chi connectivity index (χ1v) is 7.11. The molecule has 3 nitrogen and oxygen atoms in total. The fourth-order valence-corrected chi connectivity index (χ4v) is 2.99. The summed E-state index contributed by atoms with van der Waals surface area (Å²) in [6.45, 7) is 0. The Morgan fingerprint density at radius 1 is 1.11 bits per heavy atom. The van der Waals surface area contributed by atoms with Crippen molar-refractivity contribution in [3.05, 3.63) is 49.1 Å². The molecule has 0 aliphatic rings. The van der Waals surface area contributed by atoms with Gasteiger partial charge in [0.1, 0.15) is 5.69 Å². The molecular weight excluding hydrogens is 407 g/mol. The van der Waals surface area contributed by atoms with Crippen LogP contribution in [0.3, 0.4) is 0 Å². The Morgan fingerprint density at radius 2 is 1.72 bits per heavy atom. The molecule has 0 aliphatic carbocycles. The second-order valence-electron chi connectivity index (χ2n) is 3.43. The van der Waals surface area contributed by atoms with Crippen molar-refractivity contribution in [3.63, 3.8) is 0 Å². The van der Waals surface area contributed by atoms with E-state index in [1.54, 1.807) is 24.4 Å². The van der Waals surface area contributed by atoms with Gasteiger partial charge in [0.25, 0.3) is 5.91 Å². The van der Waals surface area contributed by atoms with Crippen molar-refractivity contribution in [3.8, 4) is 0 Å². The van der Waals surface area contributed by atoms with Crippen LogP contribution in [0.1, 0.15) is 10.5 Å². The number of aromatic amines is 1. The maximum absolute atomic E-state index is 11.9. The third-order valence-corrected chi connectivity index (χ3v) is 3.65. The summed E-state index contributed by atoms with van der Waals surface area (Å²) in [6, 6.07) is 4.98. The molecule has 2 aromatic rings. The second kappa shape index (κ2) is 5.65. The number of nitrogens with one attached hydrogen (secondary N) is 2. The first-order valence-electron chi connectivity index (χ1n) is 4.77. The van der Waals surface area contributed by atoms with Gasteiger partial charge in [0.05, 0.1) is 15.7 Å². The topological polar surface area (TPSA) is 44.9 Å². The van der Waals surface area contributed by atoms with Gasteiger partial charge in [-0.1, -0.05) is 39.1 Å². The molecule has 94 valence electrons. The number of hydrogen-bond donors (Lipinski definition) is 2. The highest BCUT2D eigenvalue weighted by molar-refractivity contribution is 9.10. The van der Waals surface area contributed by atoms with Crippen LogP contribution < -0.4 is 5.32 Å². The Labute approximate surface area is 130 Å². The normalized spacial score (nSPS) is 10.4. The van der Waals surface area contributed by atoms with Crippen molar-refractivity contribution in [1.29, 1.82) is 0 Å². The molecule has 18 heavy (non-hydrogen) atoms. The summed E-state index contributed by atoms with van der Waals surface area (Å²) in [5.41, 5.74) is 0.800. The quantitative estimate of drug-likeness (QED) is 0.708. The number of anilines is 1. The summed E-state index contributed by atoms with van der Waals surface area (Å²) >= 11 is 18.6. The first-order chi connectivity index (χ1) is 8.47. The van der Waals surface area contributed by atoms with Gasteiger partial charge < -0.3 is 10.3 Å². The highest BCUT2D eigenvalue weighted by Crippen LogP contribution is 2.34. The predicted molar refractivity (Wildman–Crippen MR) is 80.6 cm³/mol. The Bertz CT molecular complexity index is 590. The minimum atomic E-state index is -0.313. The van der Waals surface area contributed by atoms with E-state index < -0.39 is 0 Å². The summed E-state index contributed by atoms with van der Waals surface area (Å²) in [5, 5.41) is 3.40. The fourth-order valence-electron chi connectivity index (χ4n) is 1.34. The van der Waals surface area contributed by atoms with Crippen LogP contribution in [-0.4, -0.2) is 10.9 Å². The molecule has 1 aromatic carbocycles. The third-order valence-electron chi connectivity index (χ3n) is 2.14. The van der Waals surface area contributed by atoms with E-state index >= 15 is 0 Å². The second-order valence-corrected chi connectivity index (χ2v) is 6.08. The molecule has 1 amide bonds. The smallest absolute Gasteiger partial charge is 0.272 e. The van der Waals surface area contributed by atoms with E-state index in [9.17, 15) is 4.79 Å². The molecule has 2 N–H and O–H groups in total. The van der Waals surface area contributed by atoms with Gasteiger partial charge in [-0.05, 0) is 34.1 Å². The van der Waals surface area contributed by atoms with Crippen LogP contribution in [0.5, 0.6) is 0 Å². The lowest BCUT2D eigenvalue weighted by atomic mass is 10.3. The molecule has 1 aromatic heterocycles. The maximum atomic E-state index is 11.9. The van der Waals surface area contributed by atoms with E-state index in [0.29, 0.717) is 21.4 Å². The van der Waals surface area contributed by atoms with Crippen molar-refractivity contribution in [2.45, 2.75) is 0 Å². The number of carbonyl (C=O) groups excluding carboxylic acids is 1. The number of H-pyrrole nitrogens is 1. The molecule has 0 saturated heterocycles. The monoisotopic (exact) mass is 410 g/mol. The van der Waals surface area contributed by atoms with Gasteiger partial charge in [0, 0.05) is 15.1 Å². The Balaban J connectivity index is 2.27. The molecule has 1 heterocycles. The van der Waals surface area contributed by atoms with Gasteiger partial charge >= 0.3 is 0 Å². The Hall–Kier alpha value is -0.490. The number of carbonyl (C=O) groups is 1. The molecule has 0 saturated carbocycles. The van der Waals surface area contributed by atoms with E-state index in [1.807, 2.05) is 0 Å². The van der Waals surface area contributed by atoms with Crippen molar-refractivity contribution < 1.29 is 4.79 Å². The summed E-state index contributed by atoms with van der Waals surface area (Å²) in [4.78, 5) is 14.7. The minimum absolute atomic E-state index is 0.313. The number of aromatic nitrogens is 1. The largest absolute Gasteiger partial charge is 0.356 e. The Morgan fingerprint density at radius 3 is 2.22 bits per heavy atom. The van der Waals surface area contributed by atoms with Gasteiger partial charge in [-0.25, -0.2) is 0 Å². The van der Waals surface area contributed by atoms with E-state index in [4.69, 9.17) is 23.2 Å². The lowest BCUT2D eigenvalue weighted by Crippen LogP contribution is -2.12. The summed E-state index contributed by atoms with van der Waals surface area (Å²) in [7, 11) is 0. The van der Waals surface area contributed by atoms with Gasteiger partial charge in [-0.3, -0.25) is 4.79 Å². The summed E-state index contributed by atoms with van der Waals surface area (Å²) < 4.78 is 1.54. The number of rotatable bonds is 2. The molecule has 0 bridgehead atoms. The standard InChI is InChI=1S/C11H6Br2Cl2N2O/c12-5-1-7(14)10(8(15)2-5)17-11(18)9-3-6(13)4-16-9/h1-4,16H,(H,17,18). The van der Waals surface area contributed by atoms with Crippen molar-refractivity contribution in [2.75, 3.05) is 5.32 Å². The number of halogens is 4. The van der Waals surface area contributed by atoms with E-state index in [2.05, 4.69) is 42.2 Å². The minimum Gasteiger partial charge on any atom is -0.356 e. The molecule has 0 atom stereocenters.